The average Bonchev–Trinajstić information content (AvgIpc) is 2.00. The first-order valence-corrected chi connectivity index (χ1v) is 3.33. The van der Waals surface area contributed by atoms with E-state index >= 15 is 0 Å². The Morgan fingerprint density at radius 1 is 1.08 bits per heavy atom. The molecule has 0 fully saturated rings. The van der Waals surface area contributed by atoms with E-state index in [2.05, 4.69) is 0 Å². The van der Waals surface area contributed by atoms with Crippen molar-refractivity contribution in [2.45, 2.75) is 31.3 Å². The van der Waals surface area contributed by atoms with Crippen LogP contribution in [0.4, 0.5) is 0 Å². The Balaban J connectivity index is 0. The summed E-state index contributed by atoms with van der Waals surface area (Å²) in [6.45, 7) is 1.17. The van der Waals surface area contributed by atoms with Crippen LogP contribution in [0.25, 0.3) is 0 Å². The number of hydrogen-bond donors (Lipinski definition) is 5. The maximum absolute atomic E-state index is 10.1. The van der Waals surface area contributed by atoms with Gasteiger partial charge in [-0.05, 0) is 6.92 Å². The summed E-state index contributed by atoms with van der Waals surface area (Å²) in [4.78, 5) is 10.1. The zero-order valence-corrected chi connectivity index (χ0v) is 7.45. The van der Waals surface area contributed by atoms with E-state index in [4.69, 9.17) is 25.5 Å². The Morgan fingerprint density at radius 2 is 1.46 bits per heavy atom. The summed E-state index contributed by atoms with van der Waals surface area (Å²) >= 11 is 0. The maximum Gasteiger partial charge on any atom is 1.00 e. The normalized spacial score (nSPS) is 19.5. The van der Waals surface area contributed by atoms with Crippen LogP contribution in [0.15, 0.2) is 0 Å². The van der Waals surface area contributed by atoms with Gasteiger partial charge in [-0.25, -0.2) is 4.79 Å². The van der Waals surface area contributed by atoms with Gasteiger partial charge in [0.25, 0.3) is 0 Å². The largest absolute Gasteiger partial charge is 1.00 e. The van der Waals surface area contributed by atoms with Crippen molar-refractivity contribution in [3.05, 3.63) is 0 Å². The Hall–Kier alpha value is -0.0926. The molecule has 0 heterocycles. The van der Waals surface area contributed by atoms with Crippen molar-refractivity contribution < 1.29 is 49.2 Å². The van der Waals surface area contributed by atoms with Crippen molar-refractivity contribution in [1.29, 1.82) is 0 Å². The molecule has 6 nitrogen and oxygen atoms in total. The van der Waals surface area contributed by atoms with Crippen LogP contribution in [0.1, 0.15) is 6.92 Å². The molecule has 0 unspecified atom stereocenters. The van der Waals surface area contributed by atoms with Crippen molar-refractivity contribution in [1.82, 2.24) is 0 Å². The zero-order chi connectivity index (χ0) is 9.89. The number of carbonyl (C=O) groups is 1. The van der Waals surface area contributed by atoms with Gasteiger partial charge in [0, 0.05) is 0 Å². The fourth-order valence-electron chi connectivity index (χ4n) is 0.618. The Bertz CT molecular complexity index is 161. The van der Waals surface area contributed by atoms with E-state index in [0.29, 0.717) is 0 Å². The minimum absolute atomic E-state index is 0. The standard InChI is InChI=1S/C6H12O6.Li/c1-2(7)3(8)4(9)5(10)6(11)12;/h2-5,7-10H,1H3,(H,11,12);/q;+1/t2-,3-,4+,5+;/m0./s1. The summed E-state index contributed by atoms with van der Waals surface area (Å²) in [5.74, 6) is -1.65. The van der Waals surface area contributed by atoms with Crippen molar-refractivity contribution in [2.24, 2.45) is 0 Å². The number of aliphatic hydroxyl groups excluding tert-OH is 4. The van der Waals surface area contributed by atoms with Gasteiger partial charge in [-0.2, -0.15) is 0 Å². The van der Waals surface area contributed by atoms with E-state index in [9.17, 15) is 4.79 Å². The number of aliphatic carboxylic acids is 1. The summed E-state index contributed by atoms with van der Waals surface area (Å²) in [7, 11) is 0. The first kappa shape index (κ1) is 15.4. The van der Waals surface area contributed by atoms with Crippen LogP contribution in [-0.2, 0) is 4.79 Å². The number of carboxylic acid groups (broad SMARTS) is 1. The molecule has 0 saturated heterocycles. The Morgan fingerprint density at radius 3 is 1.69 bits per heavy atom. The molecule has 72 valence electrons. The number of carboxylic acids is 1. The van der Waals surface area contributed by atoms with Crippen LogP contribution in [0.5, 0.6) is 0 Å². The molecular weight excluding hydrogens is 175 g/mol. The van der Waals surface area contributed by atoms with E-state index in [-0.39, 0.29) is 18.9 Å². The molecule has 0 aromatic rings. The van der Waals surface area contributed by atoms with Gasteiger partial charge in [-0.15, -0.1) is 0 Å². The summed E-state index contributed by atoms with van der Waals surface area (Å²) in [5.41, 5.74) is 0. The summed E-state index contributed by atoms with van der Waals surface area (Å²) in [5, 5.41) is 43.4. The van der Waals surface area contributed by atoms with Crippen LogP contribution in [-0.4, -0.2) is 55.9 Å². The van der Waals surface area contributed by atoms with Crippen LogP contribution in [0.3, 0.4) is 0 Å². The van der Waals surface area contributed by atoms with E-state index in [1.54, 1.807) is 0 Å². The molecule has 0 spiro atoms. The van der Waals surface area contributed by atoms with Gasteiger partial charge in [0.05, 0.1) is 6.10 Å². The van der Waals surface area contributed by atoms with Gasteiger partial charge in [0.2, 0.25) is 0 Å². The fourth-order valence-corrected chi connectivity index (χ4v) is 0.618. The molecule has 0 aliphatic heterocycles. The molecular formula is C6H12LiO6+. The van der Waals surface area contributed by atoms with Crippen molar-refractivity contribution >= 4 is 5.97 Å². The monoisotopic (exact) mass is 187 g/mol. The molecule has 0 rings (SSSR count). The molecule has 0 aliphatic rings. The van der Waals surface area contributed by atoms with Gasteiger partial charge in [-0.3, -0.25) is 0 Å². The van der Waals surface area contributed by atoms with Gasteiger partial charge >= 0.3 is 24.8 Å². The fraction of sp³-hybridized carbons (Fsp3) is 0.833. The third-order valence-electron chi connectivity index (χ3n) is 1.42. The smallest absolute Gasteiger partial charge is 0.479 e. The number of rotatable bonds is 4. The Kier molecular flexibility index (Phi) is 7.54. The molecule has 0 radical (unpaired) electrons. The third-order valence-corrected chi connectivity index (χ3v) is 1.42. The molecule has 4 atom stereocenters. The van der Waals surface area contributed by atoms with Gasteiger partial charge in [0.15, 0.2) is 6.10 Å². The average molecular weight is 187 g/mol. The summed E-state index contributed by atoms with van der Waals surface area (Å²) < 4.78 is 0. The van der Waals surface area contributed by atoms with Crippen LogP contribution >= 0.6 is 0 Å². The summed E-state index contributed by atoms with van der Waals surface area (Å²) in [6.07, 6.45) is -6.94. The van der Waals surface area contributed by atoms with Gasteiger partial charge < -0.3 is 25.5 Å². The number of hydrogen-bond acceptors (Lipinski definition) is 5. The van der Waals surface area contributed by atoms with E-state index in [0.717, 1.165) is 0 Å². The topological polar surface area (TPSA) is 118 Å². The first-order valence-electron chi connectivity index (χ1n) is 3.33. The SMILES string of the molecule is C[C@H](O)[C@H](O)[C@@H](O)[C@@H](O)C(=O)O.[Li+]. The molecule has 0 saturated carbocycles. The first-order chi connectivity index (χ1) is 5.37. The molecule has 0 aromatic heterocycles. The van der Waals surface area contributed by atoms with E-state index in [1.807, 2.05) is 0 Å². The molecule has 7 heteroatoms. The molecule has 0 bridgehead atoms. The second kappa shape index (κ2) is 6.37. The predicted molar refractivity (Wildman–Crippen MR) is 37.3 cm³/mol. The Labute approximate surface area is 87.0 Å². The minimum atomic E-state index is -2.09. The van der Waals surface area contributed by atoms with Crippen LogP contribution in [0.2, 0.25) is 0 Å². The molecule has 0 aliphatic carbocycles. The minimum Gasteiger partial charge on any atom is -0.479 e. The van der Waals surface area contributed by atoms with Crippen molar-refractivity contribution in [3.8, 4) is 0 Å². The zero-order valence-electron chi connectivity index (χ0n) is 7.45. The second-order valence-corrected chi connectivity index (χ2v) is 2.50. The van der Waals surface area contributed by atoms with Crippen molar-refractivity contribution in [2.75, 3.05) is 0 Å². The maximum atomic E-state index is 10.1. The van der Waals surface area contributed by atoms with Gasteiger partial charge in [-0.1, -0.05) is 0 Å². The predicted octanol–water partition coefficient (Wildman–Crippen LogP) is -5.46. The number of aliphatic hydroxyl groups is 4. The van der Waals surface area contributed by atoms with E-state index in [1.165, 1.54) is 6.92 Å². The molecule has 13 heavy (non-hydrogen) atoms. The molecule has 0 aromatic carbocycles. The van der Waals surface area contributed by atoms with Crippen molar-refractivity contribution in [3.63, 3.8) is 0 Å². The molecule has 5 N–H and O–H groups in total. The quantitative estimate of drug-likeness (QED) is 0.280. The van der Waals surface area contributed by atoms with Crippen LogP contribution in [0, 0.1) is 0 Å². The molecule has 0 amide bonds. The van der Waals surface area contributed by atoms with Gasteiger partial charge in [0.1, 0.15) is 12.2 Å². The third kappa shape index (κ3) is 4.62. The van der Waals surface area contributed by atoms with Crippen LogP contribution < -0.4 is 18.9 Å². The second-order valence-electron chi connectivity index (χ2n) is 2.50. The summed E-state index contributed by atoms with van der Waals surface area (Å²) in [6, 6.07) is 0. The van der Waals surface area contributed by atoms with E-state index < -0.39 is 30.4 Å².